The van der Waals surface area contributed by atoms with Gasteiger partial charge in [-0.1, -0.05) is 0 Å². The van der Waals surface area contributed by atoms with Crippen molar-refractivity contribution in [1.29, 1.82) is 0 Å². The molecule has 0 saturated carbocycles. The third-order valence-corrected chi connectivity index (χ3v) is 7.81. The molecule has 1 aromatic carbocycles. The van der Waals surface area contributed by atoms with Gasteiger partial charge in [0.05, 0.1) is 11.5 Å². The summed E-state index contributed by atoms with van der Waals surface area (Å²) in [6.45, 7) is 0.777. The van der Waals surface area contributed by atoms with Crippen LogP contribution in [0.2, 0.25) is 0 Å². The zero-order valence-electron chi connectivity index (χ0n) is 11.8. The number of thiol groups is 1. The highest BCUT2D eigenvalue weighted by Crippen LogP contribution is 2.38. The predicted octanol–water partition coefficient (Wildman–Crippen LogP) is 2.66. The first-order chi connectivity index (χ1) is 10.4. The number of halogens is 2. The fourth-order valence-corrected chi connectivity index (χ4v) is 6.00. The van der Waals surface area contributed by atoms with E-state index in [0.29, 0.717) is 42.0 Å². The molecule has 2 aliphatic heterocycles. The minimum Gasteiger partial charge on any atom is -0.493 e. The van der Waals surface area contributed by atoms with Gasteiger partial charge in [-0.05, 0) is 40.2 Å². The smallest absolute Gasteiger partial charge is 0.244 e. The zero-order chi connectivity index (χ0) is 15.9. The number of sulfonamides is 1. The van der Waals surface area contributed by atoms with Gasteiger partial charge in [0.25, 0.3) is 0 Å². The number of benzene rings is 1. The molecular weight excluding hydrogens is 393 g/mol. The first-order valence-corrected chi connectivity index (χ1v) is 10.0. The van der Waals surface area contributed by atoms with Gasteiger partial charge in [-0.2, -0.15) is 16.9 Å². The molecule has 0 radical (unpaired) electrons. The van der Waals surface area contributed by atoms with E-state index in [-0.39, 0.29) is 17.4 Å². The summed E-state index contributed by atoms with van der Waals surface area (Å²) in [5, 5.41) is 0. The van der Waals surface area contributed by atoms with Gasteiger partial charge in [0.2, 0.25) is 10.0 Å². The Labute approximate surface area is 143 Å². The maximum Gasteiger partial charge on any atom is 0.244 e. The quantitative estimate of drug-likeness (QED) is 0.780. The number of alkyl halides is 1. The normalized spacial score (nSPS) is 25.8. The minimum absolute atomic E-state index is 0.104. The lowest BCUT2D eigenvalue weighted by Crippen LogP contribution is -2.45. The summed E-state index contributed by atoms with van der Waals surface area (Å²) < 4.78 is 46.9. The van der Waals surface area contributed by atoms with Gasteiger partial charge in [-0.15, -0.1) is 0 Å². The molecule has 0 spiro atoms. The van der Waals surface area contributed by atoms with E-state index in [2.05, 4.69) is 28.6 Å². The average molecular weight is 410 g/mol. The van der Waals surface area contributed by atoms with Crippen molar-refractivity contribution in [3.8, 4) is 5.75 Å². The van der Waals surface area contributed by atoms with E-state index in [4.69, 9.17) is 4.74 Å². The van der Waals surface area contributed by atoms with Gasteiger partial charge in [-0.25, -0.2) is 12.8 Å². The van der Waals surface area contributed by atoms with Crippen molar-refractivity contribution in [2.24, 2.45) is 5.92 Å². The molecule has 0 aliphatic carbocycles. The van der Waals surface area contributed by atoms with Crippen molar-refractivity contribution < 1.29 is 17.5 Å². The molecule has 1 fully saturated rings. The van der Waals surface area contributed by atoms with Crippen LogP contribution in [0.3, 0.4) is 0 Å². The Kier molecular flexibility index (Phi) is 4.74. The third-order valence-electron chi connectivity index (χ3n) is 4.27. The molecule has 1 aromatic rings. The second-order valence-corrected chi connectivity index (χ2v) is 8.63. The van der Waals surface area contributed by atoms with Crippen LogP contribution in [0.25, 0.3) is 0 Å². The maximum atomic E-state index is 14.1. The maximum absolute atomic E-state index is 14.1. The largest absolute Gasteiger partial charge is 0.493 e. The van der Waals surface area contributed by atoms with Crippen molar-refractivity contribution in [2.45, 2.75) is 23.9 Å². The Hall–Kier alpha value is -0.310. The molecule has 22 heavy (non-hydrogen) atoms. The fourth-order valence-electron chi connectivity index (χ4n) is 2.90. The summed E-state index contributed by atoms with van der Waals surface area (Å²) in [5.41, 5.74) is 0.864. The van der Waals surface area contributed by atoms with E-state index < -0.39 is 16.2 Å². The van der Waals surface area contributed by atoms with Gasteiger partial charge >= 0.3 is 0 Å². The van der Waals surface area contributed by atoms with E-state index in [1.54, 1.807) is 6.07 Å². The molecule has 3 rings (SSSR count). The molecule has 4 nitrogen and oxygen atoms in total. The molecule has 2 aliphatic rings. The summed E-state index contributed by atoms with van der Waals surface area (Å²) in [4.78, 5) is 0.188. The van der Waals surface area contributed by atoms with Crippen molar-refractivity contribution in [3.05, 3.63) is 22.2 Å². The summed E-state index contributed by atoms with van der Waals surface area (Å²) in [6, 6.07) is 3.20. The predicted molar refractivity (Wildman–Crippen MR) is 89.0 cm³/mol. The lowest BCUT2D eigenvalue weighted by molar-refractivity contribution is 0.147. The zero-order valence-corrected chi connectivity index (χ0v) is 15.1. The van der Waals surface area contributed by atoms with Gasteiger partial charge in [-0.3, -0.25) is 0 Å². The summed E-state index contributed by atoms with van der Waals surface area (Å²) in [5.74, 6) is 0.976. The number of rotatable bonds is 3. The lowest BCUT2D eigenvalue weighted by atomic mass is 9.98. The Balaban J connectivity index is 1.91. The Bertz CT molecular complexity index is 683. The van der Waals surface area contributed by atoms with Crippen LogP contribution in [0.1, 0.15) is 12.0 Å². The van der Waals surface area contributed by atoms with Gasteiger partial charge in [0, 0.05) is 35.5 Å². The van der Waals surface area contributed by atoms with Crippen LogP contribution in [0, 0.1) is 5.92 Å². The standard InChI is InChI=1S/C14H17BrFNO3S2/c15-14-10-4-6-20-12(10)1-2-13(14)22(18,19)17-5-3-9(8-21)11(16)7-17/h1-2,9,11,21H,3-8H2/t9-,11+/m1/s1. The molecule has 0 aromatic heterocycles. The van der Waals surface area contributed by atoms with Crippen LogP contribution in [0.15, 0.2) is 21.5 Å². The fraction of sp³-hybridized carbons (Fsp3) is 0.571. The van der Waals surface area contributed by atoms with Crippen LogP contribution in [0.5, 0.6) is 5.75 Å². The second kappa shape index (κ2) is 6.30. The van der Waals surface area contributed by atoms with E-state index in [1.807, 2.05) is 0 Å². The molecule has 122 valence electrons. The number of hydrogen-bond acceptors (Lipinski definition) is 4. The topological polar surface area (TPSA) is 46.6 Å². The molecule has 2 heterocycles. The van der Waals surface area contributed by atoms with Crippen molar-refractivity contribution in [3.63, 3.8) is 0 Å². The highest BCUT2D eigenvalue weighted by atomic mass is 79.9. The van der Waals surface area contributed by atoms with E-state index in [0.717, 1.165) is 5.56 Å². The van der Waals surface area contributed by atoms with E-state index in [1.165, 1.54) is 10.4 Å². The highest BCUT2D eigenvalue weighted by molar-refractivity contribution is 9.10. The summed E-state index contributed by atoms with van der Waals surface area (Å²) in [7, 11) is -3.71. The minimum atomic E-state index is -3.71. The van der Waals surface area contributed by atoms with Crippen molar-refractivity contribution in [2.75, 3.05) is 25.4 Å². The van der Waals surface area contributed by atoms with Gasteiger partial charge in [0.1, 0.15) is 11.9 Å². The van der Waals surface area contributed by atoms with Gasteiger partial charge in [0.15, 0.2) is 0 Å². The number of piperidine rings is 1. The van der Waals surface area contributed by atoms with E-state index >= 15 is 0 Å². The van der Waals surface area contributed by atoms with Crippen molar-refractivity contribution in [1.82, 2.24) is 4.31 Å². The van der Waals surface area contributed by atoms with Crippen molar-refractivity contribution >= 4 is 38.6 Å². The van der Waals surface area contributed by atoms with Crippen LogP contribution >= 0.6 is 28.6 Å². The molecular formula is C14H17BrFNO3S2. The van der Waals surface area contributed by atoms with Gasteiger partial charge < -0.3 is 4.74 Å². The molecule has 0 bridgehead atoms. The molecule has 0 N–H and O–H groups in total. The van der Waals surface area contributed by atoms with Crippen LogP contribution in [-0.2, 0) is 16.4 Å². The molecule has 1 saturated heterocycles. The van der Waals surface area contributed by atoms with Crippen LogP contribution < -0.4 is 4.74 Å². The average Bonchev–Trinajstić information content (AvgIpc) is 2.96. The Morgan fingerprint density at radius 3 is 2.91 bits per heavy atom. The summed E-state index contributed by atoms with van der Waals surface area (Å²) >= 11 is 7.51. The first kappa shape index (κ1) is 16.5. The molecule has 2 atom stereocenters. The first-order valence-electron chi connectivity index (χ1n) is 7.14. The molecule has 0 amide bonds. The van der Waals surface area contributed by atoms with E-state index in [9.17, 15) is 12.8 Å². The summed E-state index contributed by atoms with van der Waals surface area (Å²) in [6.07, 6.45) is 0.0000307. The number of fused-ring (bicyclic) bond motifs is 1. The highest BCUT2D eigenvalue weighted by Gasteiger charge is 2.36. The molecule has 0 unspecified atom stereocenters. The van der Waals surface area contributed by atoms with Crippen LogP contribution in [-0.4, -0.2) is 44.3 Å². The molecule has 8 heteroatoms. The lowest BCUT2D eigenvalue weighted by Gasteiger charge is -2.33. The number of ether oxygens (including phenoxy) is 1. The number of nitrogens with zero attached hydrogens (tertiary/aromatic N) is 1. The number of hydrogen-bond donors (Lipinski definition) is 1. The third kappa shape index (κ3) is 2.79. The Morgan fingerprint density at radius 1 is 1.45 bits per heavy atom. The Morgan fingerprint density at radius 2 is 2.23 bits per heavy atom. The monoisotopic (exact) mass is 409 g/mol. The second-order valence-electron chi connectivity index (χ2n) is 5.56. The SMILES string of the molecule is O=S(=O)(c1ccc2c(c1Br)CCO2)N1CC[C@H](CS)[C@@H](F)C1. The van der Waals surface area contributed by atoms with Crippen LogP contribution in [0.4, 0.5) is 4.39 Å².